The lowest BCUT2D eigenvalue weighted by Crippen LogP contribution is -2.02. The van der Waals surface area contributed by atoms with Crippen molar-refractivity contribution in [3.05, 3.63) is 40.0 Å². The van der Waals surface area contributed by atoms with Crippen molar-refractivity contribution < 1.29 is 14.6 Å². The Hall–Kier alpha value is -2.01. The number of benzene rings is 1. The first-order valence-electron chi connectivity index (χ1n) is 6.17. The molecule has 0 aliphatic rings. The summed E-state index contributed by atoms with van der Waals surface area (Å²) >= 11 is 6.05. The molecule has 0 saturated carbocycles. The maximum absolute atomic E-state index is 11.3. The highest BCUT2D eigenvalue weighted by Gasteiger charge is 2.21. The lowest BCUT2D eigenvalue weighted by molar-refractivity contribution is 0.0693. The van der Waals surface area contributed by atoms with Gasteiger partial charge in [-0.3, -0.25) is 0 Å². The standard InChI is InChI=1S/C14H15ClN2O3/c1-4-9-7-10(5-6-11(9)15)20-13-12(14(18)19)8(2)16-17(13)3/h5-7H,4H2,1-3H3,(H,18,19). The Morgan fingerprint density at radius 1 is 1.50 bits per heavy atom. The monoisotopic (exact) mass is 294 g/mol. The van der Waals surface area contributed by atoms with E-state index in [1.165, 1.54) is 4.68 Å². The predicted octanol–water partition coefficient (Wildman–Crippen LogP) is 3.43. The normalized spacial score (nSPS) is 10.6. The minimum absolute atomic E-state index is 0.0699. The number of carboxylic acid groups (broad SMARTS) is 1. The van der Waals surface area contributed by atoms with E-state index < -0.39 is 5.97 Å². The van der Waals surface area contributed by atoms with Crippen molar-refractivity contribution in [2.24, 2.45) is 7.05 Å². The van der Waals surface area contributed by atoms with Gasteiger partial charge in [0.25, 0.3) is 0 Å². The molecule has 5 nitrogen and oxygen atoms in total. The Balaban J connectivity index is 2.42. The number of aromatic carboxylic acids is 1. The maximum atomic E-state index is 11.3. The predicted molar refractivity (Wildman–Crippen MR) is 75.8 cm³/mol. The Morgan fingerprint density at radius 3 is 2.80 bits per heavy atom. The van der Waals surface area contributed by atoms with Crippen molar-refractivity contribution in [1.29, 1.82) is 0 Å². The summed E-state index contributed by atoms with van der Waals surface area (Å²) in [6.07, 6.45) is 0.770. The van der Waals surface area contributed by atoms with Crippen molar-refractivity contribution in [2.75, 3.05) is 0 Å². The van der Waals surface area contributed by atoms with Crippen LogP contribution in [0.1, 0.15) is 28.5 Å². The van der Waals surface area contributed by atoms with E-state index in [1.54, 1.807) is 32.2 Å². The molecule has 20 heavy (non-hydrogen) atoms. The first kappa shape index (κ1) is 14.4. The second-order valence-corrected chi connectivity index (χ2v) is 4.81. The molecule has 0 saturated heterocycles. The maximum Gasteiger partial charge on any atom is 0.343 e. The minimum Gasteiger partial charge on any atom is -0.477 e. The molecular formula is C14H15ClN2O3. The smallest absolute Gasteiger partial charge is 0.343 e. The second-order valence-electron chi connectivity index (χ2n) is 4.40. The van der Waals surface area contributed by atoms with E-state index in [-0.39, 0.29) is 11.4 Å². The van der Waals surface area contributed by atoms with Crippen LogP contribution in [0.2, 0.25) is 5.02 Å². The third-order valence-electron chi connectivity index (χ3n) is 3.00. The molecule has 0 aliphatic carbocycles. The topological polar surface area (TPSA) is 64.3 Å². The second kappa shape index (κ2) is 5.54. The zero-order valence-electron chi connectivity index (χ0n) is 11.5. The fraction of sp³-hybridized carbons (Fsp3) is 0.286. The first-order valence-corrected chi connectivity index (χ1v) is 6.55. The number of hydrogen-bond donors (Lipinski definition) is 1. The molecule has 1 heterocycles. The zero-order chi connectivity index (χ0) is 14.9. The number of aryl methyl sites for hydroxylation is 3. The van der Waals surface area contributed by atoms with Crippen LogP contribution in [-0.2, 0) is 13.5 Å². The number of rotatable bonds is 4. The van der Waals surface area contributed by atoms with Crippen molar-refractivity contribution >= 4 is 17.6 Å². The number of halogens is 1. The fourth-order valence-electron chi connectivity index (χ4n) is 2.00. The largest absolute Gasteiger partial charge is 0.477 e. The summed E-state index contributed by atoms with van der Waals surface area (Å²) in [5.41, 5.74) is 1.43. The van der Waals surface area contributed by atoms with Gasteiger partial charge in [0.2, 0.25) is 5.88 Å². The van der Waals surface area contributed by atoms with E-state index in [2.05, 4.69) is 5.10 Å². The molecule has 0 bridgehead atoms. The van der Waals surface area contributed by atoms with Gasteiger partial charge >= 0.3 is 5.97 Å². The summed E-state index contributed by atoms with van der Waals surface area (Å²) in [6, 6.07) is 5.24. The zero-order valence-corrected chi connectivity index (χ0v) is 12.2. The molecule has 0 atom stereocenters. The molecule has 0 aliphatic heterocycles. The van der Waals surface area contributed by atoms with Crippen LogP contribution in [0.5, 0.6) is 11.6 Å². The number of aromatic nitrogens is 2. The van der Waals surface area contributed by atoms with Gasteiger partial charge in [-0.2, -0.15) is 5.10 Å². The van der Waals surface area contributed by atoms with Crippen LogP contribution in [0, 0.1) is 6.92 Å². The molecule has 0 spiro atoms. The van der Waals surface area contributed by atoms with E-state index >= 15 is 0 Å². The summed E-state index contributed by atoms with van der Waals surface area (Å²) in [6.45, 7) is 3.62. The molecule has 106 valence electrons. The van der Waals surface area contributed by atoms with Crippen LogP contribution in [0.25, 0.3) is 0 Å². The third-order valence-corrected chi connectivity index (χ3v) is 3.36. The number of nitrogens with zero attached hydrogens (tertiary/aromatic N) is 2. The lowest BCUT2D eigenvalue weighted by Gasteiger charge is -2.09. The van der Waals surface area contributed by atoms with Crippen molar-refractivity contribution in [3.8, 4) is 11.6 Å². The van der Waals surface area contributed by atoms with Gasteiger partial charge in [-0.1, -0.05) is 18.5 Å². The van der Waals surface area contributed by atoms with Gasteiger partial charge in [-0.15, -0.1) is 0 Å². The SMILES string of the molecule is CCc1cc(Oc2c(C(=O)O)c(C)nn2C)ccc1Cl. The number of carbonyl (C=O) groups is 1. The van der Waals surface area contributed by atoms with Gasteiger partial charge in [-0.05, 0) is 37.1 Å². The first-order chi connectivity index (χ1) is 9.43. The fourth-order valence-corrected chi connectivity index (χ4v) is 2.25. The summed E-state index contributed by atoms with van der Waals surface area (Å²) < 4.78 is 7.10. The quantitative estimate of drug-likeness (QED) is 0.938. The van der Waals surface area contributed by atoms with Crippen LogP contribution >= 0.6 is 11.6 Å². The van der Waals surface area contributed by atoms with Gasteiger partial charge < -0.3 is 9.84 Å². The van der Waals surface area contributed by atoms with E-state index in [0.29, 0.717) is 16.5 Å². The molecule has 0 amide bonds. The Morgan fingerprint density at radius 2 is 2.20 bits per heavy atom. The lowest BCUT2D eigenvalue weighted by atomic mass is 10.1. The third kappa shape index (κ3) is 2.63. The van der Waals surface area contributed by atoms with Crippen molar-refractivity contribution in [1.82, 2.24) is 9.78 Å². The molecule has 1 N–H and O–H groups in total. The molecule has 2 aromatic rings. The van der Waals surface area contributed by atoms with E-state index in [0.717, 1.165) is 12.0 Å². The molecule has 0 fully saturated rings. The van der Waals surface area contributed by atoms with Crippen LogP contribution in [-0.4, -0.2) is 20.9 Å². The minimum atomic E-state index is -1.06. The molecule has 1 aromatic carbocycles. The number of ether oxygens (including phenoxy) is 1. The van der Waals surface area contributed by atoms with E-state index in [9.17, 15) is 9.90 Å². The summed E-state index contributed by atoms with van der Waals surface area (Å²) in [5, 5.41) is 14.0. The van der Waals surface area contributed by atoms with Crippen molar-refractivity contribution in [2.45, 2.75) is 20.3 Å². The average molecular weight is 295 g/mol. The number of hydrogen-bond acceptors (Lipinski definition) is 3. The summed E-state index contributed by atoms with van der Waals surface area (Å²) in [7, 11) is 1.64. The van der Waals surface area contributed by atoms with Crippen LogP contribution < -0.4 is 4.74 Å². The number of carboxylic acids is 1. The van der Waals surface area contributed by atoms with E-state index in [1.807, 2.05) is 6.92 Å². The van der Waals surface area contributed by atoms with Gasteiger partial charge in [0.15, 0.2) is 0 Å². The van der Waals surface area contributed by atoms with E-state index in [4.69, 9.17) is 16.3 Å². The highest BCUT2D eigenvalue weighted by molar-refractivity contribution is 6.31. The Kier molecular flexibility index (Phi) is 3.99. The van der Waals surface area contributed by atoms with Gasteiger partial charge in [0.1, 0.15) is 11.3 Å². The highest BCUT2D eigenvalue weighted by atomic mass is 35.5. The van der Waals surface area contributed by atoms with Gasteiger partial charge in [0, 0.05) is 12.1 Å². The summed E-state index contributed by atoms with van der Waals surface area (Å²) in [4.78, 5) is 11.3. The van der Waals surface area contributed by atoms with Crippen LogP contribution in [0.3, 0.4) is 0 Å². The van der Waals surface area contributed by atoms with Gasteiger partial charge in [-0.25, -0.2) is 9.48 Å². The molecule has 2 rings (SSSR count). The molecule has 1 aromatic heterocycles. The average Bonchev–Trinajstić information content (AvgIpc) is 2.66. The Labute approximate surface area is 121 Å². The van der Waals surface area contributed by atoms with Crippen LogP contribution in [0.4, 0.5) is 0 Å². The highest BCUT2D eigenvalue weighted by Crippen LogP contribution is 2.30. The van der Waals surface area contributed by atoms with Crippen molar-refractivity contribution in [3.63, 3.8) is 0 Å². The molecule has 0 radical (unpaired) electrons. The molecule has 6 heteroatoms. The Bertz CT molecular complexity index is 665. The molecule has 0 unspecified atom stereocenters. The summed E-state index contributed by atoms with van der Waals surface area (Å²) in [5.74, 6) is -0.314. The molecular weight excluding hydrogens is 280 g/mol. The van der Waals surface area contributed by atoms with Crippen LogP contribution in [0.15, 0.2) is 18.2 Å². The van der Waals surface area contributed by atoms with Gasteiger partial charge in [0.05, 0.1) is 5.69 Å².